The van der Waals surface area contributed by atoms with Crippen LogP contribution in [0, 0.1) is 13.8 Å². The normalized spacial score (nSPS) is 18.4. The summed E-state index contributed by atoms with van der Waals surface area (Å²) >= 11 is 0. The van der Waals surface area contributed by atoms with Gasteiger partial charge in [0.25, 0.3) is 0 Å². The maximum Gasteiger partial charge on any atom is 0.192 e. The first-order valence-corrected chi connectivity index (χ1v) is 7.72. The van der Waals surface area contributed by atoms with Crippen LogP contribution < -0.4 is 5.19 Å². The number of hydrogen-bond donors (Lipinski definition) is 0. The molecule has 0 bridgehead atoms. The molecule has 0 unspecified atom stereocenters. The van der Waals surface area contributed by atoms with E-state index in [2.05, 4.69) is 32.0 Å². The zero-order chi connectivity index (χ0) is 11.4. The molecule has 0 aromatic heterocycles. The summed E-state index contributed by atoms with van der Waals surface area (Å²) in [5.41, 5.74) is 2.85. The third kappa shape index (κ3) is 2.95. The SMILES string of the molecule is Cc1cccc([SiH2]OC2CCCCC2)c1C. The Labute approximate surface area is 101 Å². The Morgan fingerprint density at radius 1 is 1.12 bits per heavy atom. The van der Waals surface area contributed by atoms with Gasteiger partial charge in [0, 0.05) is 6.10 Å². The minimum absolute atomic E-state index is 0.507. The number of hydrogen-bond acceptors (Lipinski definition) is 1. The molecule has 0 saturated heterocycles. The Morgan fingerprint density at radius 3 is 2.62 bits per heavy atom. The van der Waals surface area contributed by atoms with Crippen molar-refractivity contribution in [2.24, 2.45) is 0 Å². The first-order chi connectivity index (χ1) is 7.77. The lowest BCUT2D eigenvalue weighted by Crippen LogP contribution is -2.27. The van der Waals surface area contributed by atoms with Gasteiger partial charge in [0.05, 0.1) is 0 Å². The molecule has 1 nitrogen and oxygen atoms in total. The van der Waals surface area contributed by atoms with E-state index in [-0.39, 0.29) is 0 Å². The van der Waals surface area contributed by atoms with Crippen molar-refractivity contribution in [3.8, 4) is 0 Å². The van der Waals surface area contributed by atoms with Crippen molar-refractivity contribution in [1.82, 2.24) is 0 Å². The van der Waals surface area contributed by atoms with Crippen LogP contribution in [0.2, 0.25) is 0 Å². The van der Waals surface area contributed by atoms with Crippen LogP contribution in [0.1, 0.15) is 43.2 Å². The van der Waals surface area contributed by atoms with Crippen LogP contribution in [-0.2, 0) is 4.43 Å². The van der Waals surface area contributed by atoms with E-state index >= 15 is 0 Å². The molecule has 88 valence electrons. The first kappa shape index (κ1) is 11.9. The van der Waals surface area contributed by atoms with Gasteiger partial charge < -0.3 is 4.43 Å². The van der Waals surface area contributed by atoms with Gasteiger partial charge in [-0.05, 0) is 43.0 Å². The van der Waals surface area contributed by atoms with Crippen LogP contribution in [0.15, 0.2) is 18.2 Å². The summed E-state index contributed by atoms with van der Waals surface area (Å²) in [7, 11) is -0.507. The smallest absolute Gasteiger partial charge is 0.192 e. The second-order valence-electron chi connectivity index (χ2n) is 4.93. The number of aryl methyl sites for hydroxylation is 1. The van der Waals surface area contributed by atoms with E-state index in [1.807, 2.05) is 0 Å². The standard InChI is InChI=1S/C14H22OSi/c1-11-7-6-10-14(12(11)2)16-15-13-8-4-3-5-9-13/h6-7,10,13H,3-5,8-9,16H2,1-2H3. The van der Waals surface area contributed by atoms with Gasteiger partial charge >= 0.3 is 0 Å². The lowest BCUT2D eigenvalue weighted by Gasteiger charge is -2.22. The molecule has 0 heterocycles. The van der Waals surface area contributed by atoms with Crippen molar-refractivity contribution >= 4 is 14.9 Å². The average molecular weight is 234 g/mol. The summed E-state index contributed by atoms with van der Waals surface area (Å²) in [4.78, 5) is 0. The molecule has 2 rings (SSSR count). The van der Waals surface area contributed by atoms with Crippen molar-refractivity contribution in [2.75, 3.05) is 0 Å². The molecule has 0 aliphatic heterocycles. The van der Waals surface area contributed by atoms with E-state index < -0.39 is 9.76 Å². The van der Waals surface area contributed by atoms with Crippen molar-refractivity contribution < 1.29 is 4.43 Å². The highest BCUT2D eigenvalue weighted by Gasteiger charge is 2.14. The summed E-state index contributed by atoms with van der Waals surface area (Å²) in [5.74, 6) is 0. The topological polar surface area (TPSA) is 9.23 Å². The monoisotopic (exact) mass is 234 g/mol. The molecule has 1 fully saturated rings. The lowest BCUT2D eigenvalue weighted by molar-refractivity contribution is 0.165. The molecular weight excluding hydrogens is 212 g/mol. The fourth-order valence-corrected chi connectivity index (χ4v) is 3.88. The molecule has 0 atom stereocenters. The van der Waals surface area contributed by atoms with E-state index in [9.17, 15) is 0 Å². The van der Waals surface area contributed by atoms with Crippen molar-refractivity contribution in [3.63, 3.8) is 0 Å². The summed E-state index contributed by atoms with van der Waals surface area (Å²) in [6.45, 7) is 4.41. The van der Waals surface area contributed by atoms with Gasteiger partial charge in [0.2, 0.25) is 0 Å². The summed E-state index contributed by atoms with van der Waals surface area (Å²) < 4.78 is 6.14. The average Bonchev–Trinajstić information content (AvgIpc) is 2.32. The first-order valence-electron chi connectivity index (χ1n) is 6.44. The largest absolute Gasteiger partial charge is 0.416 e. The van der Waals surface area contributed by atoms with Crippen LogP contribution in [0.3, 0.4) is 0 Å². The molecule has 0 amide bonds. The van der Waals surface area contributed by atoms with E-state index in [4.69, 9.17) is 4.43 Å². The second kappa shape index (κ2) is 5.64. The zero-order valence-electron chi connectivity index (χ0n) is 10.5. The van der Waals surface area contributed by atoms with Crippen LogP contribution in [-0.4, -0.2) is 15.9 Å². The summed E-state index contributed by atoms with van der Waals surface area (Å²) in [6, 6.07) is 6.60. The highest BCUT2D eigenvalue weighted by atomic mass is 28.2. The lowest BCUT2D eigenvalue weighted by atomic mass is 9.98. The second-order valence-corrected chi connectivity index (χ2v) is 6.31. The van der Waals surface area contributed by atoms with Crippen LogP contribution in [0.25, 0.3) is 0 Å². The molecule has 1 saturated carbocycles. The van der Waals surface area contributed by atoms with E-state index in [1.54, 1.807) is 0 Å². The number of benzene rings is 1. The number of rotatable bonds is 3. The summed E-state index contributed by atoms with van der Waals surface area (Å²) in [5, 5.41) is 1.49. The molecule has 0 N–H and O–H groups in total. The van der Waals surface area contributed by atoms with Gasteiger partial charge in [0.15, 0.2) is 9.76 Å². The molecule has 16 heavy (non-hydrogen) atoms. The molecule has 1 aromatic rings. The molecule has 1 aromatic carbocycles. The maximum absolute atomic E-state index is 6.14. The highest BCUT2D eigenvalue weighted by molar-refractivity contribution is 6.47. The Balaban J connectivity index is 1.91. The van der Waals surface area contributed by atoms with E-state index in [0.29, 0.717) is 6.10 Å². The highest BCUT2D eigenvalue weighted by Crippen LogP contribution is 2.19. The Hall–Kier alpha value is -0.603. The quantitative estimate of drug-likeness (QED) is 0.730. The Morgan fingerprint density at radius 2 is 1.88 bits per heavy atom. The molecule has 1 aliphatic rings. The minimum Gasteiger partial charge on any atom is -0.416 e. The van der Waals surface area contributed by atoms with Crippen molar-refractivity contribution in [1.29, 1.82) is 0 Å². The molecular formula is C14H22OSi. The third-order valence-electron chi connectivity index (χ3n) is 3.74. The fraction of sp³-hybridized carbons (Fsp3) is 0.571. The maximum atomic E-state index is 6.14. The molecule has 0 radical (unpaired) electrons. The Bertz CT molecular complexity index is 343. The van der Waals surface area contributed by atoms with Gasteiger partial charge in [0.1, 0.15) is 0 Å². The molecule has 1 aliphatic carbocycles. The van der Waals surface area contributed by atoms with Gasteiger partial charge in [-0.2, -0.15) is 0 Å². The van der Waals surface area contributed by atoms with Gasteiger partial charge in [-0.3, -0.25) is 0 Å². The molecule has 0 spiro atoms. The fourth-order valence-electron chi connectivity index (χ4n) is 2.41. The molecule has 2 heteroatoms. The van der Waals surface area contributed by atoms with E-state index in [1.165, 1.54) is 48.4 Å². The predicted octanol–water partition coefficient (Wildman–Crippen LogP) is 2.36. The van der Waals surface area contributed by atoms with Crippen molar-refractivity contribution in [3.05, 3.63) is 29.3 Å². The van der Waals surface area contributed by atoms with Crippen LogP contribution in [0.5, 0.6) is 0 Å². The van der Waals surface area contributed by atoms with Gasteiger partial charge in [-0.15, -0.1) is 0 Å². The third-order valence-corrected chi connectivity index (χ3v) is 5.46. The van der Waals surface area contributed by atoms with E-state index in [0.717, 1.165) is 0 Å². The van der Waals surface area contributed by atoms with Crippen LogP contribution >= 0.6 is 0 Å². The predicted molar refractivity (Wildman–Crippen MR) is 72.1 cm³/mol. The van der Waals surface area contributed by atoms with Crippen molar-refractivity contribution in [2.45, 2.75) is 52.1 Å². The summed E-state index contributed by atoms with van der Waals surface area (Å²) in [6.07, 6.45) is 7.29. The van der Waals surface area contributed by atoms with Gasteiger partial charge in [-0.25, -0.2) is 0 Å². The minimum atomic E-state index is -0.507. The zero-order valence-corrected chi connectivity index (χ0v) is 11.9. The van der Waals surface area contributed by atoms with Crippen LogP contribution in [0.4, 0.5) is 0 Å². The Kier molecular flexibility index (Phi) is 4.19. The van der Waals surface area contributed by atoms with Gasteiger partial charge in [-0.1, -0.05) is 37.5 Å².